The van der Waals surface area contributed by atoms with Crippen LogP contribution in [0.15, 0.2) is 20.6 Å². The van der Waals surface area contributed by atoms with Crippen molar-refractivity contribution in [3.8, 4) is 0 Å². The molecule has 2 aliphatic carbocycles. The van der Waals surface area contributed by atoms with Crippen LogP contribution in [0.4, 0.5) is 0 Å². The molecule has 0 saturated heterocycles. The van der Waals surface area contributed by atoms with Gasteiger partial charge < -0.3 is 9.84 Å². The highest BCUT2D eigenvalue weighted by atomic mass is 32.3. The van der Waals surface area contributed by atoms with Gasteiger partial charge >= 0.3 is 11.9 Å². The van der Waals surface area contributed by atoms with Gasteiger partial charge in [0.25, 0.3) is 25.8 Å². The quantitative estimate of drug-likeness (QED) is 0.209. The maximum Gasteiger partial charge on any atom is 0.381 e. The number of nitrogens with zero attached hydrogens (tertiary/aromatic N) is 2. The first-order chi connectivity index (χ1) is 19.2. The summed E-state index contributed by atoms with van der Waals surface area (Å²) in [6.45, 7) is 9.25. The van der Waals surface area contributed by atoms with Crippen molar-refractivity contribution in [2.24, 2.45) is 11.8 Å². The molecule has 2 aromatic rings. The third-order valence-electron chi connectivity index (χ3n) is 6.48. The molecular formula is C27H38N2O9S4. The number of rotatable bonds is 11. The van der Waals surface area contributed by atoms with E-state index in [0.29, 0.717) is 36.1 Å². The maximum atomic E-state index is 12.7. The minimum atomic E-state index is -3.65. The maximum absolute atomic E-state index is 12.7. The van der Waals surface area contributed by atoms with E-state index in [0.717, 1.165) is 48.4 Å². The minimum Gasteiger partial charge on any atom is -0.477 e. The predicted octanol–water partition coefficient (Wildman–Crippen LogP) is 4.40. The van der Waals surface area contributed by atoms with E-state index in [4.69, 9.17) is 9.84 Å². The monoisotopic (exact) mass is 662 g/mol. The van der Waals surface area contributed by atoms with Crippen molar-refractivity contribution in [3.05, 3.63) is 33.0 Å². The third kappa shape index (κ3) is 8.69. The number of esters is 1. The van der Waals surface area contributed by atoms with Crippen molar-refractivity contribution >= 4 is 60.4 Å². The van der Waals surface area contributed by atoms with E-state index in [1.807, 2.05) is 0 Å². The van der Waals surface area contributed by atoms with Gasteiger partial charge in [0.1, 0.15) is 18.9 Å². The normalized spacial score (nSPS) is 15.8. The number of sulfonamides is 2. The van der Waals surface area contributed by atoms with E-state index in [2.05, 4.69) is 0 Å². The molecule has 2 aromatic heterocycles. The van der Waals surface area contributed by atoms with Crippen molar-refractivity contribution in [1.29, 1.82) is 0 Å². The van der Waals surface area contributed by atoms with E-state index in [1.165, 1.54) is 20.7 Å². The highest BCUT2D eigenvalue weighted by Gasteiger charge is 2.34. The lowest BCUT2D eigenvalue weighted by Crippen LogP contribution is -2.29. The van der Waals surface area contributed by atoms with Gasteiger partial charge in [0.2, 0.25) is 0 Å². The summed E-state index contributed by atoms with van der Waals surface area (Å²) in [5.41, 5.74) is 0.188. The van der Waals surface area contributed by atoms with Crippen LogP contribution in [0.1, 0.15) is 76.9 Å². The molecule has 2 saturated carbocycles. The SMILES string of the molecule is Cc1cc(C(=O)C(=O)OC(C)(C)C)sc1S(=O)(=O)N(C)CC1CC1.Cc1cc(C(=O)O)sc1S(=O)(=O)N(C)CC1CC1. The fourth-order valence-electron chi connectivity index (χ4n) is 3.89. The van der Waals surface area contributed by atoms with Crippen LogP contribution in [0.25, 0.3) is 0 Å². The molecule has 0 bridgehead atoms. The van der Waals surface area contributed by atoms with E-state index in [-0.39, 0.29) is 18.2 Å². The standard InChI is InChI=1S/C16H23NO5S2.C11H15NO4S2/c1-10-8-12(13(18)14(19)22-16(2,3)4)23-15(10)24(20,21)17(5)9-11-6-7-11;1-7-5-9(10(13)14)17-11(7)18(15,16)12(2)6-8-3-4-8/h8,11H,6-7,9H2,1-5H3;5,8H,3-4,6H2,1-2H3,(H,13,14). The Morgan fingerprint density at radius 1 is 0.833 bits per heavy atom. The summed E-state index contributed by atoms with van der Waals surface area (Å²) in [7, 11) is -4.11. The molecule has 11 nitrogen and oxygen atoms in total. The highest BCUT2D eigenvalue weighted by Crippen LogP contribution is 2.35. The number of hydrogen-bond donors (Lipinski definition) is 1. The third-order valence-corrected chi connectivity index (χ3v) is 13.8. The van der Waals surface area contributed by atoms with Crippen molar-refractivity contribution in [2.75, 3.05) is 27.2 Å². The van der Waals surface area contributed by atoms with Crippen molar-refractivity contribution in [3.63, 3.8) is 0 Å². The van der Waals surface area contributed by atoms with Gasteiger partial charge in [0.15, 0.2) is 0 Å². The van der Waals surface area contributed by atoms with Crippen LogP contribution in [0.5, 0.6) is 0 Å². The molecule has 0 unspecified atom stereocenters. The number of aromatic carboxylic acids is 1. The number of carboxylic acid groups (broad SMARTS) is 1. The number of aryl methyl sites for hydroxylation is 2. The molecule has 0 spiro atoms. The number of carboxylic acids is 1. The molecule has 0 radical (unpaired) electrons. The van der Waals surface area contributed by atoms with Crippen LogP contribution in [0, 0.1) is 25.7 Å². The molecule has 0 atom stereocenters. The molecule has 0 aliphatic heterocycles. The lowest BCUT2D eigenvalue weighted by molar-refractivity contribution is -0.148. The van der Waals surface area contributed by atoms with E-state index < -0.39 is 43.4 Å². The number of carbonyl (C=O) groups excluding carboxylic acids is 2. The van der Waals surface area contributed by atoms with Crippen molar-refractivity contribution in [1.82, 2.24) is 8.61 Å². The van der Waals surface area contributed by atoms with E-state index in [1.54, 1.807) is 48.7 Å². The summed E-state index contributed by atoms with van der Waals surface area (Å²) in [4.78, 5) is 35.1. The number of ketones is 1. The number of thiophene rings is 2. The molecule has 4 rings (SSSR count). The van der Waals surface area contributed by atoms with Gasteiger partial charge in [0.05, 0.1) is 4.88 Å². The zero-order chi connectivity index (χ0) is 31.8. The Kier molecular flexibility index (Phi) is 10.5. The summed E-state index contributed by atoms with van der Waals surface area (Å²) in [5.74, 6) is -1.99. The summed E-state index contributed by atoms with van der Waals surface area (Å²) in [5, 5.41) is 8.88. The molecule has 1 N–H and O–H groups in total. The Morgan fingerprint density at radius 3 is 1.55 bits per heavy atom. The van der Waals surface area contributed by atoms with Gasteiger partial charge in [-0.25, -0.2) is 26.4 Å². The number of Topliss-reactive ketones (excluding diaryl/α,β-unsaturated/α-hetero) is 1. The molecule has 15 heteroatoms. The Morgan fingerprint density at radius 2 is 1.21 bits per heavy atom. The number of hydrogen-bond acceptors (Lipinski definition) is 10. The van der Waals surface area contributed by atoms with Gasteiger partial charge in [-0.3, -0.25) is 4.79 Å². The summed E-state index contributed by atoms with van der Waals surface area (Å²) >= 11 is 1.65. The van der Waals surface area contributed by atoms with E-state index in [9.17, 15) is 31.2 Å². The Balaban J connectivity index is 0.000000240. The Labute approximate surface area is 255 Å². The van der Waals surface area contributed by atoms with Crippen LogP contribution in [0.3, 0.4) is 0 Å². The van der Waals surface area contributed by atoms with Crippen molar-refractivity contribution in [2.45, 2.75) is 74.3 Å². The zero-order valence-corrected chi connectivity index (χ0v) is 28.1. The van der Waals surface area contributed by atoms with E-state index >= 15 is 0 Å². The summed E-state index contributed by atoms with van der Waals surface area (Å²) in [6, 6.07) is 2.85. The molecule has 0 amide bonds. The second kappa shape index (κ2) is 12.8. The van der Waals surface area contributed by atoms with Crippen LogP contribution >= 0.6 is 22.7 Å². The first-order valence-corrected chi connectivity index (χ1v) is 17.9. The van der Waals surface area contributed by atoms with Gasteiger partial charge in [-0.15, -0.1) is 22.7 Å². The fourth-order valence-corrected chi connectivity index (χ4v) is 9.92. The van der Waals surface area contributed by atoms with Crippen molar-refractivity contribution < 1.29 is 41.1 Å². The van der Waals surface area contributed by atoms with Gasteiger partial charge in [-0.05, 0) is 95.4 Å². The van der Waals surface area contributed by atoms with Gasteiger partial charge in [0, 0.05) is 27.2 Å². The summed E-state index contributed by atoms with van der Waals surface area (Å²) < 4.78 is 57.9. The Hall–Kier alpha value is -2.17. The zero-order valence-electron chi connectivity index (χ0n) is 24.8. The lowest BCUT2D eigenvalue weighted by atomic mass is 10.2. The molecule has 2 fully saturated rings. The van der Waals surface area contributed by atoms with Crippen LogP contribution in [0.2, 0.25) is 0 Å². The highest BCUT2D eigenvalue weighted by molar-refractivity contribution is 7.91. The number of carbonyl (C=O) groups is 3. The smallest absolute Gasteiger partial charge is 0.381 e. The lowest BCUT2D eigenvalue weighted by Gasteiger charge is -2.18. The second-order valence-electron chi connectivity index (χ2n) is 11.8. The van der Waals surface area contributed by atoms with Crippen LogP contribution < -0.4 is 0 Å². The second-order valence-corrected chi connectivity index (χ2v) is 18.3. The van der Waals surface area contributed by atoms with Crippen LogP contribution in [-0.4, -0.2) is 81.1 Å². The van der Waals surface area contributed by atoms with Gasteiger partial charge in [-0.2, -0.15) is 8.61 Å². The largest absolute Gasteiger partial charge is 0.477 e. The molecule has 2 aliphatic rings. The molecule has 42 heavy (non-hydrogen) atoms. The molecular weight excluding hydrogens is 625 g/mol. The minimum absolute atomic E-state index is 0.0610. The van der Waals surface area contributed by atoms with Gasteiger partial charge in [-0.1, -0.05) is 0 Å². The Bertz CT molecular complexity index is 1560. The number of ether oxygens (including phenoxy) is 1. The topological polar surface area (TPSA) is 155 Å². The molecule has 234 valence electrons. The molecule has 2 heterocycles. The summed E-state index contributed by atoms with van der Waals surface area (Å²) in [6.07, 6.45) is 4.24. The first-order valence-electron chi connectivity index (χ1n) is 13.4. The average molecular weight is 663 g/mol. The average Bonchev–Trinajstić information content (AvgIpc) is 3.78. The predicted molar refractivity (Wildman–Crippen MR) is 160 cm³/mol. The molecule has 0 aromatic carbocycles. The fraction of sp³-hybridized carbons (Fsp3) is 0.593. The first kappa shape index (κ1) is 34.3. The van der Waals surface area contributed by atoms with Crippen LogP contribution in [-0.2, 0) is 29.6 Å².